The molecule has 2 rings (SSSR count). The molecule has 0 spiro atoms. The van der Waals surface area contributed by atoms with Crippen LogP contribution in [0.25, 0.3) is 0 Å². The monoisotopic (exact) mass is 241 g/mol. The zero-order valence-corrected chi connectivity index (χ0v) is 9.48. The van der Waals surface area contributed by atoms with Gasteiger partial charge < -0.3 is 0 Å². The highest BCUT2D eigenvalue weighted by Crippen LogP contribution is 2.17. The van der Waals surface area contributed by atoms with E-state index in [1.54, 1.807) is 12.1 Å². The molecule has 0 N–H and O–H groups in total. The highest BCUT2D eigenvalue weighted by Gasteiger charge is 2.05. The molecule has 0 atom stereocenters. The van der Waals surface area contributed by atoms with Crippen LogP contribution in [0.2, 0.25) is 0 Å². The summed E-state index contributed by atoms with van der Waals surface area (Å²) in [5.41, 5.74) is 1.53. The molecule has 0 saturated heterocycles. The Morgan fingerprint density at radius 2 is 2.13 bits per heavy atom. The molecule has 0 aliphatic carbocycles. The van der Waals surface area contributed by atoms with Crippen molar-refractivity contribution in [2.45, 2.75) is 12.3 Å². The molecule has 0 amide bonds. The van der Waals surface area contributed by atoms with Gasteiger partial charge in [0, 0.05) is 11.8 Å². The van der Waals surface area contributed by atoms with Gasteiger partial charge in [0.05, 0.1) is 16.6 Å². The second-order valence-electron chi connectivity index (χ2n) is 3.13. The minimum Gasteiger partial charge on any atom is -0.245 e. The van der Waals surface area contributed by atoms with Crippen molar-refractivity contribution in [3.05, 3.63) is 51.7 Å². The maximum Gasteiger partial charge on any atom is 0.126 e. The van der Waals surface area contributed by atoms with Crippen molar-refractivity contribution in [3.8, 4) is 0 Å². The maximum atomic E-state index is 13.3. The normalized spacial score (nSPS) is 10.5. The summed E-state index contributed by atoms with van der Waals surface area (Å²) in [6.45, 7) is 0. The Morgan fingerprint density at radius 3 is 2.80 bits per heavy atom. The van der Waals surface area contributed by atoms with E-state index in [0.717, 1.165) is 10.7 Å². The van der Waals surface area contributed by atoms with Crippen LogP contribution in [0, 0.1) is 5.82 Å². The molecule has 1 nitrogen and oxygen atoms in total. The lowest BCUT2D eigenvalue weighted by Gasteiger charge is -1.98. The Kier molecular flexibility index (Phi) is 3.34. The predicted molar refractivity (Wildman–Crippen MR) is 60.9 cm³/mol. The van der Waals surface area contributed by atoms with Gasteiger partial charge in [-0.15, -0.1) is 22.9 Å². The number of alkyl halides is 1. The SMILES string of the molecule is Fc1ccccc1Cc1nc(CCl)cs1. The number of thiazole rings is 1. The van der Waals surface area contributed by atoms with Crippen molar-refractivity contribution in [3.63, 3.8) is 0 Å². The number of benzene rings is 1. The summed E-state index contributed by atoms with van der Waals surface area (Å²) in [5.74, 6) is 0.230. The van der Waals surface area contributed by atoms with E-state index in [2.05, 4.69) is 4.98 Å². The number of aromatic nitrogens is 1. The summed E-state index contributed by atoms with van der Waals surface area (Å²) in [4.78, 5) is 4.29. The van der Waals surface area contributed by atoms with Crippen LogP contribution < -0.4 is 0 Å². The molecule has 0 saturated carbocycles. The summed E-state index contributed by atoms with van der Waals surface area (Å²) in [6, 6.07) is 6.75. The Balaban J connectivity index is 2.18. The molecule has 1 aromatic heterocycles. The van der Waals surface area contributed by atoms with Crippen LogP contribution in [-0.4, -0.2) is 4.98 Å². The van der Waals surface area contributed by atoms with Gasteiger partial charge in [0.1, 0.15) is 5.82 Å². The second-order valence-corrected chi connectivity index (χ2v) is 4.34. The molecule has 2 aromatic rings. The van der Waals surface area contributed by atoms with E-state index in [-0.39, 0.29) is 5.82 Å². The molecule has 15 heavy (non-hydrogen) atoms. The molecule has 0 aliphatic heterocycles. The van der Waals surface area contributed by atoms with Crippen molar-refractivity contribution >= 4 is 22.9 Å². The van der Waals surface area contributed by atoms with Gasteiger partial charge in [-0.1, -0.05) is 18.2 Å². The molecule has 0 aliphatic rings. The lowest BCUT2D eigenvalue weighted by atomic mass is 10.1. The zero-order chi connectivity index (χ0) is 10.7. The number of rotatable bonds is 3. The van der Waals surface area contributed by atoms with Crippen LogP contribution in [0.15, 0.2) is 29.6 Å². The minimum absolute atomic E-state index is 0.180. The van der Waals surface area contributed by atoms with Gasteiger partial charge in [0.25, 0.3) is 0 Å². The number of hydrogen-bond donors (Lipinski definition) is 0. The van der Waals surface area contributed by atoms with Crippen LogP contribution in [0.4, 0.5) is 4.39 Å². The van der Waals surface area contributed by atoms with Crippen molar-refractivity contribution in [1.29, 1.82) is 0 Å². The largest absolute Gasteiger partial charge is 0.245 e. The maximum absolute atomic E-state index is 13.3. The van der Waals surface area contributed by atoms with Crippen molar-refractivity contribution in [2.24, 2.45) is 0 Å². The third kappa shape index (κ3) is 2.55. The summed E-state index contributed by atoms with van der Waals surface area (Å²) < 4.78 is 13.3. The average Bonchev–Trinajstić information content (AvgIpc) is 2.69. The third-order valence-corrected chi connectivity index (χ3v) is 3.21. The van der Waals surface area contributed by atoms with E-state index in [1.807, 2.05) is 11.4 Å². The van der Waals surface area contributed by atoms with E-state index in [0.29, 0.717) is 17.9 Å². The Labute approximate surface area is 96.5 Å². The van der Waals surface area contributed by atoms with Gasteiger partial charge in [-0.2, -0.15) is 0 Å². The van der Waals surface area contributed by atoms with Crippen LogP contribution >= 0.6 is 22.9 Å². The van der Waals surface area contributed by atoms with E-state index in [1.165, 1.54) is 17.4 Å². The fourth-order valence-corrected chi connectivity index (χ4v) is 2.34. The third-order valence-electron chi connectivity index (χ3n) is 2.04. The predicted octanol–water partition coefficient (Wildman–Crippen LogP) is 3.61. The first-order valence-corrected chi connectivity index (χ1v) is 5.93. The van der Waals surface area contributed by atoms with E-state index in [9.17, 15) is 4.39 Å². The Hall–Kier alpha value is -0.930. The van der Waals surface area contributed by atoms with Gasteiger partial charge in [0.2, 0.25) is 0 Å². The molecular formula is C11H9ClFNS. The fraction of sp³-hybridized carbons (Fsp3) is 0.182. The highest BCUT2D eigenvalue weighted by molar-refractivity contribution is 7.09. The number of nitrogens with zero attached hydrogens (tertiary/aromatic N) is 1. The smallest absolute Gasteiger partial charge is 0.126 e. The average molecular weight is 242 g/mol. The van der Waals surface area contributed by atoms with Crippen LogP contribution in [0.3, 0.4) is 0 Å². The molecule has 0 radical (unpaired) electrons. The number of halogens is 2. The topological polar surface area (TPSA) is 12.9 Å². The van der Waals surface area contributed by atoms with Gasteiger partial charge in [-0.05, 0) is 11.6 Å². The molecule has 0 unspecified atom stereocenters. The van der Waals surface area contributed by atoms with E-state index in [4.69, 9.17) is 11.6 Å². The first kappa shape index (κ1) is 10.6. The molecule has 0 fully saturated rings. The van der Waals surface area contributed by atoms with Crippen LogP contribution in [0.1, 0.15) is 16.3 Å². The summed E-state index contributed by atoms with van der Waals surface area (Å²) in [6.07, 6.45) is 0.536. The Bertz CT molecular complexity index is 455. The molecule has 1 aromatic carbocycles. The van der Waals surface area contributed by atoms with Crippen molar-refractivity contribution in [2.75, 3.05) is 0 Å². The first-order valence-electron chi connectivity index (χ1n) is 4.52. The molecule has 1 heterocycles. The van der Waals surface area contributed by atoms with Crippen molar-refractivity contribution in [1.82, 2.24) is 4.98 Å². The minimum atomic E-state index is -0.180. The van der Waals surface area contributed by atoms with E-state index >= 15 is 0 Å². The van der Waals surface area contributed by atoms with E-state index < -0.39 is 0 Å². The summed E-state index contributed by atoms with van der Waals surface area (Å²) in [7, 11) is 0. The fourth-order valence-electron chi connectivity index (χ4n) is 1.30. The van der Waals surface area contributed by atoms with Crippen molar-refractivity contribution < 1.29 is 4.39 Å². The van der Waals surface area contributed by atoms with Gasteiger partial charge >= 0.3 is 0 Å². The Morgan fingerprint density at radius 1 is 1.33 bits per heavy atom. The second kappa shape index (κ2) is 4.73. The van der Waals surface area contributed by atoms with Gasteiger partial charge in [-0.25, -0.2) is 9.37 Å². The summed E-state index contributed by atoms with van der Waals surface area (Å²) in [5, 5.41) is 2.80. The van der Waals surface area contributed by atoms with Gasteiger partial charge in [-0.3, -0.25) is 0 Å². The number of hydrogen-bond acceptors (Lipinski definition) is 2. The highest BCUT2D eigenvalue weighted by atomic mass is 35.5. The quantitative estimate of drug-likeness (QED) is 0.748. The zero-order valence-electron chi connectivity index (χ0n) is 7.91. The molecule has 0 bridgehead atoms. The molecule has 78 valence electrons. The lowest BCUT2D eigenvalue weighted by molar-refractivity contribution is 0.614. The standard InChI is InChI=1S/C11H9ClFNS/c12-6-9-7-15-11(14-9)5-8-3-1-2-4-10(8)13/h1-4,7H,5-6H2. The van der Waals surface area contributed by atoms with Crippen LogP contribution in [-0.2, 0) is 12.3 Å². The first-order chi connectivity index (χ1) is 7.29. The molecule has 4 heteroatoms. The lowest BCUT2D eigenvalue weighted by Crippen LogP contribution is -1.91. The van der Waals surface area contributed by atoms with Gasteiger partial charge in [0.15, 0.2) is 0 Å². The van der Waals surface area contributed by atoms with Crippen LogP contribution in [0.5, 0.6) is 0 Å². The summed E-state index contributed by atoms with van der Waals surface area (Å²) >= 11 is 7.16. The molecular weight excluding hydrogens is 233 g/mol.